The molecule has 0 radical (unpaired) electrons. The second-order valence-electron chi connectivity index (χ2n) is 5.76. The summed E-state index contributed by atoms with van der Waals surface area (Å²) in [7, 11) is 0. The normalized spacial score (nSPS) is 16.9. The van der Waals surface area contributed by atoms with Gasteiger partial charge in [-0.2, -0.15) is 0 Å². The monoisotopic (exact) mass is 268 g/mol. The van der Waals surface area contributed by atoms with Gasteiger partial charge in [-0.3, -0.25) is 4.79 Å². The van der Waals surface area contributed by atoms with Crippen molar-refractivity contribution in [3.05, 3.63) is 12.7 Å². The topological polar surface area (TPSA) is 58.6 Å². The lowest BCUT2D eigenvalue weighted by Gasteiger charge is -2.25. The first-order valence-corrected chi connectivity index (χ1v) is 6.72. The van der Waals surface area contributed by atoms with Crippen LogP contribution in [-0.2, 0) is 9.53 Å². The fourth-order valence-corrected chi connectivity index (χ4v) is 2.00. The van der Waals surface area contributed by atoms with Gasteiger partial charge in [-0.15, -0.1) is 6.58 Å². The van der Waals surface area contributed by atoms with E-state index in [1.807, 2.05) is 0 Å². The molecule has 0 aromatic carbocycles. The maximum absolute atomic E-state index is 12.2. The standard InChI is InChI=1S/C14H24N2O3/c1-5-8-11(12(17)16-9-6-7-10-16)15-13(18)19-14(2,3)4/h5,11H,1,6-10H2,2-4H3,(H,15,18). The fourth-order valence-electron chi connectivity index (χ4n) is 2.00. The molecule has 1 N–H and O–H groups in total. The first kappa shape index (κ1) is 15.5. The van der Waals surface area contributed by atoms with E-state index in [1.54, 1.807) is 31.7 Å². The van der Waals surface area contributed by atoms with E-state index in [2.05, 4.69) is 11.9 Å². The van der Waals surface area contributed by atoms with Crippen molar-refractivity contribution in [2.45, 2.75) is 51.7 Å². The van der Waals surface area contributed by atoms with Gasteiger partial charge in [-0.05, 0) is 40.0 Å². The SMILES string of the molecule is C=CCC(NC(=O)OC(C)(C)C)C(=O)N1CCCC1. The number of hydrogen-bond donors (Lipinski definition) is 1. The molecule has 1 fully saturated rings. The fraction of sp³-hybridized carbons (Fsp3) is 0.714. The van der Waals surface area contributed by atoms with Crippen molar-refractivity contribution in [3.63, 3.8) is 0 Å². The Labute approximate surface area is 115 Å². The van der Waals surface area contributed by atoms with E-state index in [-0.39, 0.29) is 5.91 Å². The number of nitrogens with one attached hydrogen (secondary N) is 1. The van der Waals surface area contributed by atoms with Crippen molar-refractivity contribution in [3.8, 4) is 0 Å². The van der Waals surface area contributed by atoms with Crippen molar-refractivity contribution in [2.75, 3.05) is 13.1 Å². The van der Waals surface area contributed by atoms with E-state index in [0.717, 1.165) is 25.9 Å². The molecule has 19 heavy (non-hydrogen) atoms. The van der Waals surface area contributed by atoms with E-state index >= 15 is 0 Å². The van der Waals surface area contributed by atoms with Gasteiger partial charge in [0, 0.05) is 13.1 Å². The predicted molar refractivity (Wildman–Crippen MR) is 73.8 cm³/mol. The molecule has 0 bridgehead atoms. The molecule has 1 heterocycles. The maximum Gasteiger partial charge on any atom is 0.408 e. The van der Waals surface area contributed by atoms with Crippen LogP contribution in [-0.4, -0.2) is 41.6 Å². The molecule has 1 aliphatic rings. The summed E-state index contributed by atoms with van der Waals surface area (Å²) in [5.74, 6) is -0.0525. The Balaban J connectivity index is 2.58. The van der Waals surface area contributed by atoms with Crippen molar-refractivity contribution < 1.29 is 14.3 Å². The van der Waals surface area contributed by atoms with Gasteiger partial charge in [0.2, 0.25) is 5.91 Å². The summed E-state index contributed by atoms with van der Waals surface area (Å²) in [5, 5.41) is 2.63. The summed E-state index contributed by atoms with van der Waals surface area (Å²) >= 11 is 0. The van der Waals surface area contributed by atoms with Gasteiger partial charge in [0.05, 0.1) is 0 Å². The quantitative estimate of drug-likeness (QED) is 0.794. The smallest absolute Gasteiger partial charge is 0.408 e. The predicted octanol–water partition coefficient (Wildman–Crippen LogP) is 2.08. The number of nitrogens with zero attached hydrogens (tertiary/aromatic N) is 1. The van der Waals surface area contributed by atoms with Gasteiger partial charge >= 0.3 is 6.09 Å². The lowest BCUT2D eigenvalue weighted by Crippen LogP contribution is -2.48. The highest BCUT2D eigenvalue weighted by atomic mass is 16.6. The number of alkyl carbamates (subject to hydrolysis) is 1. The molecular weight excluding hydrogens is 244 g/mol. The molecule has 1 aliphatic heterocycles. The molecule has 108 valence electrons. The highest BCUT2D eigenvalue weighted by Crippen LogP contribution is 2.12. The average molecular weight is 268 g/mol. The van der Waals surface area contributed by atoms with Gasteiger partial charge < -0.3 is 15.0 Å². The second-order valence-corrected chi connectivity index (χ2v) is 5.76. The van der Waals surface area contributed by atoms with Crippen LogP contribution < -0.4 is 5.32 Å². The minimum absolute atomic E-state index is 0.0525. The summed E-state index contributed by atoms with van der Waals surface area (Å²) in [6.45, 7) is 10.5. The number of amides is 2. The molecule has 1 atom stereocenters. The minimum atomic E-state index is -0.578. The molecule has 1 saturated heterocycles. The highest BCUT2D eigenvalue weighted by Gasteiger charge is 2.28. The molecule has 5 nitrogen and oxygen atoms in total. The van der Waals surface area contributed by atoms with Gasteiger partial charge in [-0.25, -0.2) is 4.79 Å². The third-order valence-corrected chi connectivity index (χ3v) is 2.81. The Bertz CT molecular complexity index is 341. The zero-order valence-corrected chi connectivity index (χ0v) is 12.1. The van der Waals surface area contributed by atoms with Crippen LogP contribution in [0.1, 0.15) is 40.0 Å². The lowest BCUT2D eigenvalue weighted by atomic mass is 10.2. The molecule has 0 aromatic heterocycles. The molecule has 0 saturated carbocycles. The van der Waals surface area contributed by atoms with Crippen LogP contribution >= 0.6 is 0 Å². The van der Waals surface area contributed by atoms with Crippen molar-refractivity contribution in [1.82, 2.24) is 10.2 Å². The number of likely N-dealkylation sites (tertiary alicyclic amines) is 1. The molecule has 0 spiro atoms. The molecular formula is C14H24N2O3. The van der Waals surface area contributed by atoms with Crippen LogP contribution in [0.4, 0.5) is 4.79 Å². The molecule has 1 rings (SSSR count). The first-order chi connectivity index (χ1) is 8.83. The van der Waals surface area contributed by atoms with Crippen LogP contribution in [0.3, 0.4) is 0 Å². The van der Waals surface area contributed by atoms with Gasteiger partial charge in [0.15, 0.2) is 0 Å². The van der Waals surface area contributed by atoms with Crippen molar-refractivity contribution >= 4 is 12.0 Å². The van der Waals surface area contributed by atoms with Crippen LogP contribution in [0.25, 0.3) is 0 Å². The van der Waals surface area contributed by atoms with Crippen molar-refractivity contribution in [2.24, 2.45) is 0 Å². The number of carbonyl (C=O) groups is 2. The average Bonchev–Trinajstić information content (AvgIpc) is 2.78. The second kappa shape index (κ2) is 6.59. The van der Waals surface area contributed by atoms with Crippen LogP contribution in [0.15, 0.2) is 12.7 Å². The van der Waals surface area contributed by atoms with Crippen LogP contribution in [0.5, 0.6) is 0 Å². The highest BCUT2D eigenvalue weighted by molar-refractivity contribution is 5.86. The molecule has 0 aliphatic carbocycles. The summed E-state index contributed by atoms with van der Waals surface area (Å²) in [6, 6.07) is -0.578. The first-order valence-electron chi connectivity index (χ1n) is 6.72. The Hall–Kier alpha value is -1.52. The number of rotatable bonds is 4. The Kier molecular flexibility index (Phi) is 5.39. The maximum atomic E-state index is 12.2. The van der Waals surface area contributed by atoms with Crippen LogP contribution in [0, 0.1) is 0 Å². The van der Waals surface area contributed by atoms with Crippen molar-refractivity contribution in [1.29, 1.82) is 0 Å². The summed E-state index contributed by atoms with van der Waals surface area (Å²) in [4.78, 5) is 25.8. The summed E-state index contributed by atoms with van der Waals surface area (Å²) < 4.78 is 5.17. The van der Waals surface area contributed by atoms with Gasteiger partial charge in [0.1, 0.15) is 11.6 Å². The zero-order chi connectivity index (χ0) is 14.5. The zero-order valence-electron chi connectivity index (χ0n) is 12.1. The molecule has 0 aromatic rings. The number of hydrogen-bond acceptors (Lipinski definition) is 3. The van der Waals surface area contributed by atoms with E-state index < -0.39 is 17.7 Å². The van der Waals surface area contributed by atoms with Gasteiger partial charge in [0.25, 0.3) is 0 Å². The molecule has 1 unspecified atom stereocenters. The lowest BCUT2D eigenvalue weighted by molar-refractivity contribution is -0.132. The van der Waals surface area contributed by atoms with E-state index in [4.69, 9.17) is 4.74 Å². The van der Waals surface area contributed by atoms with E-state index in [9.17, 15) is 9.59 Å². The van der Waals surface area contributed by atoms with E-state index in [1.165, 1.54) is 0 Å². The summed E-state index contributed by atoms with van der Waals surface area (Å²) in [6.07, 6.45) is 3.54. The molecule has 5 heteroatoms. The Morgan fingerprint density at radius 2 is 1.95 bits per heavy atom. The minimum Gasteiger partial charge on any atom is -0.444 e. The Morgan fingerprint density at radius 1 is 1.37 bits per heavy atom. The third-order valence-electron chi connectivity index (χ3n) is 2.81. The largest absolute Gasteiger partial charge is 0.444 e. The Morgan fingerprint density at radius 3 is 2.42 bits per heavy atom. The number of ether oxygens (including phenoxy) is 1. The van der Waals surface area contributed by atoms with E-state index in [0.29, 0.717) is 6.42 Å². The third kappa shape index (κ3) is 5.32. The molecule has 2 amide bonds. The summed E-state index contributed by atoms with van der Waals surface area (Å²) in [5.41, 5.74) is -0.570. The van der Waals surface area contributed by atoms with Gasteiger partial charge in [-0.1, -0.05) is 6.08 Å². The number of carbonyl (C=O) groups excluding carboxylic acids is 2. The van der Waals surface area contributed by atoms with Crippen LogP contribution in [0.2, 0.25) is 0 Å².